The van der Waals surface area contributed by atoms with Crippen LogP contribution in [0.1, 0.15) is 46.1 Å². The third-order valence-corrected chi connectivity index (χ3v) is 5.50. The molecule has 0 radical (unpaired) electrons. The molecule has 4 rings (SSSR count). The van der Waals surface area contributed by atoms with Gasteiger partial charge in [-0.05, 0) is 52.3 Å². The number of halogens is 1. The fourth-order valence-electron chi connectivity index (χ4n) is 4.22. The Hall–Kier alpha value is -3.19. The normalized spacial score (nSPS) is 18.8. The monoisotopic (exact) mass is 435 g/mol. The lowest BCUT2D eigenvalue weighted by molar-refractivity contribution is 0.134. The molecule has 32 heavy (non-hydrogen) atoms. The maximum Gasteiger partial charge on any atom is 0.223 e. The average Bonchev–Trinajstić information content (AvgIpc) is 3.06. The van der Waals surface area contributed by atoms with Crippen molar-refractivity contribution >= 4 is 22.9 Å². The molecular formula is C25H30FN5O. The van der Waals surface area contributed by atoms with Gasteiger partial charge in [-0.3, -0.25) is 0 Å². The molecule has 1 unspecified atom stereocenters. The molecule has 4 N–H and O–H groups in total. The summed E-state index contributed by atoms with van der Waals surface area (Å²) in [6.45, 7) is 11.7. The SMILES string of the molecule is C=C1CC(Nc2nccc(-c3c[nH]c4cc(/C=C/C(C)(C)O)c(F)cc34)n2)CC(C)(C)N1. The summed E-state index contributed by atoms with van der Waals surface area (Å²) in [5.74, 6) is 0.180. The molecule has 1 fully saturated rings. The summed E-state index contributed by atoms with van der Waals surface area (Å²) in [7, 11) is 0. The van der Waals surface area contributed by atoms with Crippen LogP contribution in [-0.2, 0) is 0 Å². The lowest BCUT2D eigenvalue weighted by Crippen LogP contribution is -2.48. The maximum atomic E-state index is 14.8. The summed E-state index contributed by atoms with van der Waals surface area (Å²) >= 11 is 0. The molecular weight excluding hydrogens is 405 g/mol. The fourth-order valence-corrected chi connectivity index (χ4v) is 4.22. The highest BCUT2D eigenvalue weighted by atomic mass is 19.1. The number of aromatic nitrogens is 3. The Kier molecular flexibility index (Phi) is 5.54. The van der Waals surface area contributed by atoms with Gasteiger partial charge >= 0.3 is 0 Å². The first kappa shape index (κ1) is 22.0. The number of H-pyrrole nitrogens is 1. The van der Waals surface area contributed by atoms with Gasteiger partial charge in [-0.1, -0.05) is 18.7 Å². The molecule has 168 valence electrons. The smallest absolute Gasteiger partial charge is 0.223 e. The van der Waals surface area contributed by atoms with Gasteiger partial charge in [0.05, 0.1) is 11.3 Å². The predicted octanol–water partition coefficient (Wildman–Crippen LogP) is 5.00. The molecule has 0 amide bonds. The standard InChI is InChI=1S/C25H30FN5O/c1-15-10-17(13-24(2,3)31-15)29-23-27-9-7-21(30-23)19-14-28-22-11-16(6-8-25(4,5)32)20(26)12-18(19)22/h6-9,11-12,14,17,28,31-32H,1,10,13H2,2-5H3,(H,27,29,30)/b8-6+. The number of fused-ring (bicyclic) bond motifs is 1. The van der Waals surface area contributed by atoms with Gasteiger partial charge in [-0.25, -0.2) is 14.4 Å². The van der Waals surface area contributed by atoms with Crippen LogP contribution in [0.5, 0.6) is 0 Å². The van der Waals surface area contributed by atoms with Crippen LogP contribution < -0.4 is 10.6 Å². The van der Waals surface area contributed by atoms with Crippen LogP contribution in [0, 0.1) is 5.82 Å². The molecule has 2 aromatic heterocycles. The highest BCUT2D eigenvalue weighted by molar-refractivity contribution is 5.95. The van der Waals surface area contributed by atoms with Gasteiger partial charge < -0.3 is 20.7 Å². The van der Waals surface area contributed by atoms with E-state index in [1.54, 1.807) is 38.3 Å². The highest BCUT2D eigenvalue weighted by Gasteiger charge is 2.29. The van der Waals surface area contributed by atoms with Gasteiger partial charge in [0.1, 0.15) is 5.82 Å². The predicted molar refractivity (Wildman–Crippen MR) is 128 cm³/mol. The minimum atomic E-state index is -1.01. The first-order valence-electron chi connectivity index (χ1n) is 10.8. The van der Waals surface area contributed by atoms with Crippen molar-refractivity contribution in [3.05, 3.63) is 60.3 Å². The van der Waals surface area contributed by atoms with Gasteiger partial charge in [0, 0.05) is 58.1 Å². The summed E-state index contributed by atoms with van der Waals surface area (Å²) in [6.07, 6.45) is 8.42. The summed E-state index contributed by atoms with van der Waals surface area (Å²) in [5.41, 5.74) is 2.65. The van der Waals surface area contributed by atoms with E-state index in [-0.39, 0.29) is 17.4 Å². The summed E-state index contributed by atoms with van der Waals surface area (Å²) in [4.78, 5) is 12.3. The number of nitrogens with zero attached hydrogens (tertiary/aromatic N) is 2. The van der Waals surface area contributed by atoms with E-state index in [9.17, 15) is 9.50 Å². The number of aliphatic hydroxyl groups is 1. The number of anilines is 1. The number of hydrogen-bond acceptors (Lipinski definition) is 5. The molecule has 7 heteroatoms. The zero-order valence-corrected chi connectivity index (χ0v) is 19.0. The lowest BCUT2D eigenvalue weighted by Gasteiger charge is -2.38. The molecule has 1 aliphatic rings. The molecule has 1 aromatic carbocycles. The minimum absolute atomic E-state index is 0.0453. The van der Waals surface area contributed by atoms with Crippen molar-refractivity contribution in [3.63, 3.8) is 0 Å². The van der Waals surface area contributed by atoms with Crippen molar-refractivity contribution in [2.75, 3.05) is 5.32 Å². The second-order valence-corrected chi connectivity index (χ2v) is 9.74. The van der Waals surface area contributed by atoms with Crippen LogP contribution in [0.4, 0.5) is 10.3 Å². The lowest BCUT2D eigenvalue weighted by atomic mass is 9.88. The first-order valence-corrected chi connectivity index (χ1v) is 10.8. The van der Waals surface area contributed by atoms with Crippen molar-refractivity contribution in [2.24, 2.45) is 0 Å². The molecule has 1 atom stereocenters. The summed E-state index contributed by atoms with van der Waals surface area (Å²) in [5, 5.41) is 17.5. The van der Waals surface area contributed by atoms with E-state index in [0.29, 0.717) is 17.2 Å². The molecule has 0 spiro atoms. The van der Waals surface area contributed by atoms with Gasteiger partial charge in [0.15, 0.2) is 0 Å². The van der Waals surface area contributed by atoms with E-state index >= 15 is 0 Å². The number of piperidine rings is 1. The minimum Gasteiger partial charge on any atom is -0.386 e. The first-order chi connectivity index (χ1) is 15.0. The number of aromatic amines is 1. The third kappa shape index (κ3) is 4.99. The topological polar surface area (TPSA) is 85.9 Å². The van der Waals surface area contributed by atoms with E-state index in [1.807, 2.05) is 12.3 Å². The van der Waals surface area contributed by atoms with Gasteiger partial charge in [-0.15, -0.1) is 0 Å². The van der Waals surface area contributed by atoms with Gasteiger partial charge in [-0.2, -0.15) is 0 Å². The summed E-state index contributed by atoms with van der Waals surface area (Å²) < 4.78 is 14.8. The summed E-state index contributed by atoms with van der Waals surface area (Å²) in [6, 6.07) is 5.23. The van der Waals surface area contributed by atoms with Crippen LogP contribution in [0.3, 0.4) is 0 Å². The van der Waals surface area contributed by atoms with E-state index < -0.39 is 5.60 Å². The number of nitrogens with one attached hydrogen (secondary N) is 3. The Morgan fingerprint density at radius 1 is 1.34 bits per heavy atom. The fraction of sp³-hybridized carbons (Fsp3) is 0.360. The molecule has 1 aliphatic heterocycles. The largest absolute Gasteiger partial charge is 0.386 e. The number of hydrogen-bond donors (Lipinski definition) is 4. The Morgan fingerprint density at radius 2 is 2.12 bits per heavy atom. The van der Waals surface area contributed by atoms with Crippen molar-refractivity contribution in [3.8, 4) is 11.3 Å². The molecule has 0 aliphatic carbocycles. The second-order valence-electron chi connectivity index (χ2n) is 9.74. The van der Waals surface area contributed by atoms with Crippen LogP contribution in [0.15, 0.2) is 48.9 Å². The Bertz CT molecular complexity index is 1190. The van der Waals surface area contributed by atoms with Crippen LogP contribution in [-0.4, -0.2) is 37.2 Å². The van der Waals surface area contributed by atoms with Crippen molar-refractivity contribution in [2.45, 2.75) is 57.7 Å². The van der Waals surface area contributed by atoms with Gasteiger partial charge in [0.2, 0.25) is 5.95 Å². The van der Waals surface area contributed by atoms with E-state index in [4.69, 9.17) is 4.98 Å². The molecule has 3 aromatic rings. The average molecular weight is 436 g/mol. The van der Waals surface area contributed by atoms with Crippen molar-refractivity contribution in [1.82, 2.24) is 20.3 Å². The Morgan fingerprint density at radius 3 is 2.84 bits per heavy atom. The molecule has 0 bridgehead atoms. The van der Waals surface area contributed by atoms with Gasteiger partial charge in [0.25, 0.3) is 0 Å². The zero-order chi connectivity index (χ0) is 23.1. The quantitative estimate of drug-likeness (QED) is 0.453. The van der Waals surface area contributed by atoms with Crippen LogP contribution in [0.2, 0.25) is 0 Å². The molecule has 0 saturated carbocycles. The highest BCUT2D eigenvalue weighted by Crippen LogP contribution is 2.31. The molecule has 6 nitrogen and oxygen atoms in total. The Labute approximate surface area is 187 Å². The van der Waals surface area contributed by atoms with Crippen LogP contribution in [0.25, 0.3) is 28.2 Å². The van der Waals surface area contributed by atoms with Crippen LogP contribution >= 0.6 is 0 Å². The molecule has 1 saturated heterocycles. The zero-order valence-electron chi connectivity index (χ0n) is 19.0. The maximum absolute atomic E-state index is 14.8. The molecule has 3 heterocycles. The van der Waals surface area contributed by atoms with E-state index in [2.05, 4.69) is 41.0 Å². The van der Waals surface area contributed by atoms with E-state index in [0.717, 1.165) is 35.0 Å². The third-order valence-electron chi connectivity index (χ3n) is 5.50. The van der Waals surface area contributed by atoms with Crippen molar-refractivity contribution in [1.29, 1.82) is 0 Å². The van der Waals surface area contributed by atoms with Crippen molar-refractivity contribution < 1.29 is 9.50 Å². The number of rotatable bonds is 5. The Balaban J connectivity index is 1.62. The van der Waals surface area contributed by atoms with E-state index in [1.165, 1.54) is 6.07 Å². The number of benzene rings is 1. The second kappa shape index (κ2) is 8.06.